The van der Waals surface area contributed by atoms with Crippen LogP contribution >= 0.6 is 0 Å². The third-order valence-corrected chi connectivity index (χ3v) is 7.79. The minimum absolute atomic E-state index is 0.0680. The lowest BCUT2D eigenvalue weighted by Gasteiger charge is -2.45. The highest BCUT2D eigenvalue weighted by Gasteiger charge is 2.55. The lowest BCUT2D eigenvalue weighted by Crippen LogP contribution is -2.64. The van der Waals surface area contributed by atoms with E-state index in [9.17, 15) is 38.7 Å². The third-order valence-electron chi connectivity index (χ3n) is 7.79. The monoisotopic (exact) mass is 760 g/mol. The molecule has 0 aromatic heterocycles. The molecule has 18 nitrogen and oxygen atoms in total. The molecule has 2 heterocycles. The van der Waals surface area contributed by atoms with Gasteiger partial charge >= 0.3 is 41.8 Å². The van der Waals surface area contributed by atoms with Gasteiger partial charge in [0.2, 0.25) is 0 Å². The maximum absolute atomic E-state index is 13.3. The van der Waals surface area contributed by atoms with Crippen molar-refractivity contribution in [2.75, 3.05) is 13.2 Å². The van der Waals surface area contributed by atoms with Crippen LogP contribution in [0.3, 0.4) is 0 Å². The van der Waals surface area contributed by atoms with Crippen LogP contribution < -0.4 is 0 Å². The number of rotatable bonds is 13. The molecule has 2 aliphatic heterocycles. The molecule has 0 radical (unpaired) electrons. The van der Waals surface area contributed by atoms with E-state index in [1.807, 2.05) is 0 Å². The Morgan fingerprint density at radius 1 is 0.500 bits per heavy atom. The molecule has 18 heteroatoms. The van der Waals surface area contributed by atoms with Crippen molar-refractivity contribution in [3.8, 4) is 0 Å². The summed E-state index contributed by atoms with van der Waals surface area (Å²) in [6, 6.07) is 15.3. The molecule has 1 unspecified atom stereocenters. The zero-order chi connectivity index (χ0) is 39.5. The van der Waals surface area contributed by atoms with E-state index in [1.54, 1.807) is 36.4 Å². The number of hydrogen-bond acceptors (Lipinski definition) is 18. The molecule has 10 atom stereocenters. The molecule has 292 valence electrons. The molecule has 0 aliphatic carbocycles. The first-order valence-corrected chi connectivity index (χ1v) is 16.6. The molecule has 0 amide bonds. The van der Waals surface area contributed by atoms with Gasteiger partial charge in [-0.1, -0.05) is 36.4 Å². The Bertz CT molecular complexity index is 1650. The Morgan fingerprint density at radius 3 is 1.37 bits per heavy atom. The van der Waals surface area contributed by atoms with Gasteiger partial charge in [0.05, 0.1) is 17.7 Å². The van der Waals surface area contributed by atoms with Gasteiger partial charge in [0.25, 0.3) is 0 Å². The second-order valence-corrected chi connectivity index (χ2v) is 12.0. The molecule has 2 aliphatic rings. The molecule has 2 saturated heterocycles. The first-order chi connectivity index (χ1) is 25.6. The molecule has 2 aromatic rings. The van der Waals surface area contributed by atoms with Crippen LogP contribution in [0.2, 0.25) is 0 Å². The van der Waals surface area contributed by atoms with Crippen LogP contribution in [-0.2, 0) is 71.3 Å². The average Bonchev–Trinajstić information content (AvgIpc) is 3.11. The maximum atomic E-state index is 13.3. The number of ether oxygens (including phenoxy) is 10. The van der Waals surface area contributed by atoms with Crippen LogP contribution in [0.4, 0.5) is 0 Å². The average molecular weight is 761 g/mol. The number of esters is 7. The third kappa shape index (κ3) is 11.3. The fourth-order valence-electron chi connectivity index (χ4n) is 5.67. The largest absolute Gasteiger partial charge is 0.463 e. The van der Waals surface area contributed by atoms with E-state index >= 15 is 0 Å². The van der Waals surface area contributed by atoms with E-state index in [0.717, 1.165) is 34.6 Å². The Hall–Kier alpha value is -5.43. The van der Waals surface area contributed by atoms with Gasteiger partial charge in [-0.25, -0.2) is 9.59 Å². The van der Waals surface area contributed by atoms with Crippen molar-refractivity contribution in [1.29, 1.82) is 0 Å². The van der Waals surface area contributed by atoms with Gasteiger partial charge in [-0.15, -0.1) is 0 Å². The summed E-state index contributed by atoms with van der Waals surface area (Å²) in [4.78, 5) is 87.2. The molecule has 4 rings (SSSR count). The summed E-state index contributed by atoms with van der Waals surface area (Å²) in [7, 11) is 0. The van der Waals surface area contributed by atoms with Gasteiger partial charge in [0.1, 0.15) is 18.8 Å². The maximum Gasteiger partial charge on any atom is 0.338 e. The van der Waals surface area contributed by atoms with Gasteiger partial charge < -0.3 is 52.5 Å². The predicted octanol–water partition coefficient (Wildman–Crippen LogP) is 1.19. The standard InChI is InChI=1S/C36H40O18/c1-18(37)45-16-26-28(48-20(3)39)30(49-21(4)40)32(50-22(5)41)36(52-26)46-17-25-27(47-19(2)38)29(53-33(42)23-12-8-6-9-13-23)31(35(44)51-25)54-34(43)24-14-10-7-11-15-24/h6-15,25-32,35-36,44H,16-17H2,1-5H3/t25-,26-,27-,28-,29+,30+,31-,32-,35?,36-/m1/s1. The van der Waals surface area contributed by atoms with E-state index in [1.165, 1.54) is 24.3 Å². The van der Waals surface area contributed by atoms with E-state index < -0.39 is 116 Å². The summed E-state index contributed by atoms with van der Waals surface area (Å²) in [5, 5.41) is 11.2. The topological polar surface area (TPSA) is 232 Å². The Labute approximate surface area is 308 Å². The second kappa shape index (κ2) is 19.1. The summed E-state index contributed by atoms with van der Waals surface area (Å²) in [5.74, 6) is -6.13. The number of carbonyl (C=O) groups excluding carboxylic acids is 7. The quantitative estimate of drug-likeness (QED) is 0.223. The van der Waals surface area contributed by atoms with Crippen LogP contribution in [0.1, 0.15) is 55.3 Å². The van der Waals surface area contributed by atoms with Gasteiger partial charge in [-0.3, -0.25) is 24.0 Å². The second-order valence-electron chi connectivity index (χ2n) is 12.0. The Morgan fingerprint density at radius 2 is 0.907 bits per heavy atom. The molecule has 2 aromatic carbocycles. The molecular weight excluding hydrogens is 720 g/mol. The lowest BCUT2D eigenvalue weighted by atomic mass is 9.97. The Kier molecular flexibility index (Phi) is 14.6. The first-order valence-electron chi connectivity index (χ1n) is 16.6. The van der Waals surface area contributed by atoms with Crippen molar-refractivity contribution < 1.29 is 86.0 Å². The molecule has 54 heavy (non-hydrogen) atoms. The van der Waals surface area contributed by atoms with Crippen LogP contribution in [0.5, 0.6) is 0 Å². The highest BCUT2D eigenvalue weighted by Crippen LogP contribution is 2.33. The minimum atomic E-state index is -2.01. The van der Waals surface area contributed by atoms with Crippen molar-refractivity contribution in [1.82, 2.24) is 0 Å². The van der Waals surface area contributed by atoms with Crippen molar-refractivity contribution >= 4 is 41.8 Å². The van der Waals surface area contributed by atoms with Crippen LogP contribution in [0.15, 0.2) is 60.7 Å². The summed E-state index contributed by atoms with van der Waals surface area (Å²) < 4.78 is 55.8. The van der Waals surface area contributed by atoms with Crippen LogP contribution in [0, 0.1) is 0 Å². The fraction of sp³-hybridized carbons (Fsp3) is 0.472. The molecule has 0 spiro atoms. The minimum Gasteiger partial charge on any atom is -0.463 e. The first kappa shape index (κ1) is 41.3. The number of benzene rings is 2. The highest BCUT2D eigenvalue weighted by atomic mass is 16.7. The number of aliphatic hydroxyl groups excluding tert-OH is 1. The number of carbonyl (C=O) groups is 7. The van der Waals surface area contributed by atoms with Gasteiger partial charge in [0, 0.05) is 34.6 Å². The van der Waals surface area contributed by atoms with Gasteiger partial charge in [0.15, 0.2) is 49.2 Å². The van der Waals surface area contributed by atoms with Crippen LogP contribution in [0.25, 0.3) is 0 Å². The summed E-state index contributed by atoms with van der Waals surface area (Å²) in [6.07, 6.45) is -16.3. The fourth-order valence-corrected chi connectivity index (χ4v) is 5.67. The van der Waals surface area contributed by atoms with Crippen molar-refractivity contribution in [3.63, 3.8) is 0 Å². The smallest absolute Gasteiger partial charge is 0.338 e. The lowest BCUT2D eigenvalue weighted by molar-refractivity contribution is -0.328. The molecule has 2 fully saturated rings. The van der Waals surface area contributed by atoms with Crippen LogP contribution in [-0.4, -0.2) is 122 Å². The van der Waals surface area contributed by atoms with Crippen molar-refractivity contribution in [2.24, 2.45) is 0 Å². The van der Waals surface area contributed by atoms with E-state index in [-0.39, 0.29) is 11.1 Å². The van der Waals surface area contributed by atoms with Gasteiger partial charge in [-0.2, -0.15) is 0 Å². The van der Waals surface area contributed by atoms with E-state index in [0.29, 0.717) is 0 Å². The zero-order valence-electron chi connectivity index (χ0n) is 29.8. The van der Waals surface area contributed by atoms with E-state index in [2.05, 4.69) is 0 Å². The van der Waals surface area contributed by atoms with Gasteiger partial charge in [-0.05, 0) is 24.3 Å². The normalized spacial score (nSPS) is 27.7. The zero-order valence-corrected chi connectivity index (χ0v) is 29.8. The highest BCUT2D eigenvalue weighted by molar-refractivity contribution is 5.90. The SMILES string of the molecule is CC(=O)OC[C@H]1O[C@@H](OC[C@H]2OC(O)[C@H](OC(=O)c3ccccc3)[C@@H](OC(=O)c3ccccc3)[C@@H]2OC(C)=O)[C@H](OC(C)=O)[C@@H](OC(C)=O)[C@@H]1OC(C)=O. The summed E-state index contributed by atoms with van der Waals surface area (Å²) in [6.45, 7) is 4.05. The Balaban J connectivity index is 1.69. The molecule has 0 bridgehead atoms. The molecule has 1 N–H and O–H groups in total. The summed E-state index contributed by atoms with van der Waals surface area (Å²) in [5.41, 5.74) is 0.148. The summed E-state index contributed by atoms with van der Waals surface area (Å²) >= 11 is 0. The van der Waals surface area contributed by atoms with Crippen molar-refractivity contribution in [3.05, 3.63) is 71.8 Å². The molecular formula is C36H40O18. The predicted molar refractivity (Wildman–Crippen MR) is 176 cm³/mol. The molecule has 0 saturated carbocycles. The number of aliphatic hydroxyl groups is 1. The van der Waals surface area contributed by atoms with Crippen molar-refractivity contribution in [2.45, 2.75) is 96.0 Å². The van der Waals surface area contributed by atoms with E-state index in [4.69, 9.17) is 47.4 Å². The number of hydrogen-bond donors (Lipinski definition) is 1.